The summed E-state index contributed by atoms with van der Waals surface area (Å²) < 4.78 is 0. The summed E-state index contributed by atoms with van der Waals surface area (Å²) in [5, 5.41) is 13.4. The van der Waals surface area contributed by atoms with Crippen LogP contribution in [-0.4, -0.2) is 52.4 Å². The molecule has 20 heavy (non-hydrogen) atoms. The Morgan fingerprint density at radius 3 is 1.30 bits per heavy atom. The lowest BCUT2D eigenvalue weighted by atomic mass is 10.4. The summed E-state index contributed by atoms with van der Waals surface area (Å²) >= 11 is 0. The third kappa shape index (κ3) is 23.3. The molecular formula is C14H34Cl2N4. The molecule has 0 unspecified atom stereocenters. The van der Waals surface area contributed by atoms with Crippen LogP contribution in [0.1, 0.15) is 26.7 Å². The monoisotopic (exact) mass is 328 g/mol. The van der Waals surface area contributed by atoms with Gasteiger partial charge in [0.25, 0.3) is 0 Å². The highest BCUT2D eigenvalue weighted by atomic mass is 35.5. The first kappa shape index (κ1) is 25.1. The summed E-state index contributed by atoms with van der Waals surface area (Å²) in [5.41, 5.74) is 0. The largest absolute Gasteiger partial charge is 0.317 e. The molecule has 0 aliphatic carbocycles. The quantitative estimate of drug-likeness (QED) is 0.289. The van der Waals surface area contributed by atoms with Crippen LogP contribution in [0, 0.1) is 0 Å². The highest BCUT2D eigenvalue weighted by molar-refractivity contribution is 5.85. The molecule has 0 amide bonds. The van der Waals surface area contributed by atoms with Crippen molar-refractivity contribution >= 4 is 24.8 Å². The molecule has 0 bridgehead atoms. The minimum absolute atomic E-state index is 0. The predicted octanol–water partition coefficient (Wildman–Crippen LogP) is 1.56. The molecule has 0 atom stereocenters. The average Bonchev–Trinajstić information content (AvgIpc) is 2.39. The van der Waals surface area contributed by atoms with Gasteiger partial charge in [-0.2, -0.15) is 0 Å². The summed E-state index contributed by atoms with van der Waals surface area (Å²) in [5.74, 6) is 0. The average molecular weight is 329 g/mol. The van der Waals surface area contributed by atoms with Crippen LogP contribution in [0.2, 0.25) is 0 Å². The first-order chi connectivity index (χ1) is 8.91. The summed E-state index contributed by atoms with van der Waals surface area (Å²) in [6.45, 7) is 12.8. The van der Waals surface area contributed by atoms with Crippen LogP contribution in [0.15, 0.2) is 12.2 Å². The Labute approximate surface area is 137 Å². The predicted molar refractivity (Wildman–Crippen MR) is 95.7 cm³/mol. The summed E-state index contributed by atoms with van der Waals surface area (Å²) in [6.07, 6.45) is 6.80. The van der Waals surface area contributed by atoms with E-state index in [4.69, 9.17) is 0 Å². The first-order valence-corrected chi connectivity index (χ1v) is 7.39. The molecular weight excluding hydrogens is 295 g/mol. The molecule has 0 heterocycles. The van der Waals surface area contributed by atoms with E-state index in [1.54, 1.807) is 0 Å². The fourth-order valence-corrected chi connectivity index (χ4v) is 1.57. The molecule has 0 fully saturated rings. The summed E-state index contributed by atoms with van der Waals surface area (Å²) in [4.78, 5) is 0. The van der Waals surface area contributed by atoms with Gasteiger partial charge in [-0.3, -0.25) is 0 Å². The topological polar surface area (TPSA) is 48.1 Å². The molecule has 0 aliphatic rings. The van der Waals surface area contributed by atoms with Crippen LogP contribution < -0.4 is 21.3 Å². The van der Waals surface area contributed by atoms with Crippen LogP contribution in [0.25, 0.3) is 0 Å². The van der Waals surface area contributed by atoms with E-state index >= 15 is 0 Å². The zero-order valence-electron chi connectivity index (χ0n) is 13.0. The van der Waals surface area contributed by atoms with Crippen molar-refractivity contribution in [2.24, 2.45) is 0 Å². The van der Waals surface area contributed by atoms with Crippen molar-refractivity contribution in [2.75, 3.05) is 52.4 Å². The van der Waals surface area contributed by atoms with Gasteiger partial charge >= 0.3 is 0 Å². The molecule has 0 radical (unpaired) electrons. The zero-order chi connectivity index (χ0) is 13.3. The van der Waals surface area contributed by atoms with Crippen LogP contribution >= 0.6 is 24.8 Å². The van der Waals surface area contributed by atoms with Crippen molar-refractivity contribution < 1.29 is 0 Å². The number of hydrogen-bond acceptors (Lipinski definition) is 4. The van der Waals surface area contributed by atoms with Crippen LogP contribution in [0.3, 0.4) is 0 Å². The molecule has 0 aliphatic heterocycles. The summed E-state index contributed by atoms with van der Waals surface area (Å²) in [6, 6.07) is 0. The maximum atomic E-state index is 3.40. The van der Waals surface area contributed by atoms with Crippen LogP contribution in [0.5, 0.6) is 0 Å². The van der Waals surface area contributed by atoms with Gasteiger partial charge < -0.3 is 21.3 Å². The van der Waals surface area contributed by atoms with Crippen molar-refractivity contribution in [3.63, 3.8) is 0 Å². The van der Waals surface area contributed by atoms with Gasteiger partial charge in [0, 0.05) is 13.1 Å². The minimum atomic E-state index is 0. The maximum Gasteiger partial charge on any atom is 0.0135 e. The molecule has 4 nitrogen and oxygen atoms in total. The summed E-state index contributed by atoms with van der Waals surface area (Å²) in [7, 11) is 0. The highest BCUT2D eigenvalue weighted by Crippen LogP contribution is 1.76. The first-order valence-electron chi connectivity index (χ1n) is 7.39. The Balaban J connectivity index is -0.00000144. The van der Waals surface area contributed by atoms with Gasteiger partial charge in [0.15, 0.2) is 0 Å². The van der Waals surface area contributed by atoms with Gasteiger partial charge in [-0.25, -0.2) is 0 Å². The molecule has 6 heteroatoms. The maximum absolute atomic E-state index is 3.40. The third-order valence-electron chi connectivity index (χ3n) is 2.61. The van der Waals surface area contributed by atoms with Gasteiger partial charge in [-0.05, 0) is 52.1 Å². The second-order valence-corrected chi connectivity index (χ2v) is 4.29. The van der Waals surface area contributed by atoms with Crippen molar-refractivity contribution in [3.8, 4) is 0 Å². The second-order valence-electron chi connectivity index (χ2n) is 4.29. The molecule has 124 valence electrons. The van der Waals surface area contributed by atoms with Gasteiger partial charge in [0.05, 0.1) is 0 Å². The lowest BCUT2D eigenvalue weighted by molar-refractivity contribution is 0.624. The van der Waals surface area contributed by atoms with Crippen molar-refractivity contribution in [2.45, 2.75) is 26.7 Å². The van der Waals surface area contributed by atoms with Gasteiger partial charge in [-0.1, -0.05) is 26.0 Å². The van der Waals surface area contributed by atoms with E-state index in [0.29, 0.717) is 0 Å². The molecule has 0 rings (SSSR count). The van der Waals surface area contributed by atoms with E-state index in [0.717, 1.165) is 52.4 Å². The molecule has 0 saturated heterocycles. The fourth-order valence-electron chi connectivity index (χ4n) is 1.57. The van der Waals surface area contributed by atoms with E-state index in [1.807, 2.05) is 0 Å². The lowest BCUT2D eigenvalue weighted by Gasteiger charge is -2.03. The van der Waals surface area contributed by atoms with E-state index in [1.165, 1.54) is 12.8 Å². The number of nitrogens with one attached hydrogen (secondary N) is 4. The lowest BCUT2D eigenvalue weighted by Crippen LogP contribution is -2.22. The van der Waals surface area contributed by atoms with Gasteiger partial charge in [0.2, 0.25) is 0 Å². The Morgan fingerprint density at radius 1 is 0.600 bits per heavy atom. The normalized spacial score (nSPS) is 10.3. The Morgan fingerprint density at radius 2 is 0.950 bits per heavy atom. The molecule has 0 aromatic rings. The molecule has 0 aromatic heterocycles. The van der Waals surface area contributed by atoms with Crippen LogP contribution in [0.4, 0.5) is 0 Å². The molecule has 4 N–H and O–H groups in total. The van der Waals surface area contributed by atoms with E-state index in [-0.39, 0.29) is 24.8 Å². The Hall–Kier alpha value is 0.160. The number of rotatable bonds is 14. The third-order valence-corrected chi connectivity index (χ3v) is 2.61. The molecule has 0 saturated carbocycles. The highest BCUT2D eigenvalue weighted by Gasteiger charge is 1.86. The minimum Gasteiger partial charge on any atom is -0.317 e. The number of hydrogen-bond donors (Lipinski definition) is 4. The molecule has 0 spiro atoms. The van der Waals surface area contributed by atoms with E-state index < -0.39 is 0 Å². The SMILES string of the molecule is CCNCCCNC/C=C/CNCCCNCC.Cl.Cl. The van der Waals surface area contributed by atoms with Crippen molar-refractivity contribution in [1.29, 1.82) is 0 Å². The van der Waals surface area contributed by atoms with Crippen molar-refractivity contribution in [3.05, 3.63) is 12.2 Å². The number of halogens is 2. The van der Waals surface area contributed by atoms with Gasteiger partial charge in [-0.15, -0.1) is 24.8 Å². The smallest absolute Gasteiger partial charge is 0.0135 e. The Bertz CT molecular complexity index is 163. The van der Waals surface area contributed by atoms with Crippen LogP contribution in [-0.2, 0) is 0 Å². The van der Waals surface area contributed by atoms with Gasteiger partial charge in [0.1, 0.15) is 0 Å². The second kappa shape index (κ2) is 24.2. The Kier molecular flexibility index (Phi) is 30.4. The van der Waals surface area contributed by atoms with E-state index in [9.17, 15) is 0 Å². The van der Waals surface area contributed by atoms with Crippen molar-refractivity contribution in [1.82, 2.24) is 21.3 Å². The standard InChI is InChI=1S/C14H32N4.2ClH/c1-3-15-11-7-13-17-9-5-6-10-18-14-8-12-16-4-2;;/h5-6,15-18H,3-4,7-14H2,1-2H3;2*1H/b6-5+;;. The zero-order valence-corrected chi connectivity index (χ0v) is 14.7. The fraction of sp³-hybridized carbons (Fsp3) is 0.857. The van der Waals surface area contributed by atoms with E-state index in [2.05, 4.69) is 47.3 Å². The molecule has 0 aromatic carbocycles.